The summed E-state index contributed by atoms with van der Waals surface area (Å²) in [5, 5.41) is 0.682. The minimum Gasteiger partial charge on any atom is -0.347 e. The third kappa shape index (κ3) is 6.84. The minimum absolute atomic E-state index is 0. The van der Waals surface area contributed by atoms with E-state index in [1.54, 1.807) is 0 Å². The molecule has 1 aliphatic heterocycles. The molecular formula is C16H24NSYb-. The molecule has 0 saturated carbocycles. The van der Waals surface area contributed by atoms with Crippen LogP contribution in [0, 0.1) is 52.7 Å². The number of hydrogen-bond donors (Lipinski definition) is 0. The van der Waals surface area contributed by atoms with E-state index in [1.165, 1.54) is 11.3 Å². The maximum atomic E-state index is 4.81. The van der Waals surface area contributed by atoms with Crippen LogP contribution in [0.15, 0.2) is 29.3 Å². The summed E-state index contributed by atoms with van der Waals surface area (Å²) in [6.45, 7) is 8.45. The Hall–Kier alpha value is 0.759. The minimum atomic E-state index is 0. The van der Waals surface area contributed by atoms with Crippen molar-refractivity contribution in [2.75, 3.05) is 0 Å². The van der Waals surface area contributed by atoms with Crippen molar-refractivity contribution in [2.45, 2.75) is 52.2 Å². The Kier molecular flexibility index (Phi) is 11.9. The van der Waals surface area contributed by atoms with E-state index in [4.69, 9.17) is 4.99 Å². The van der Waals surface area contributed by atoms with Crippen LogP contribution in [0.3, 0.4) is 0 Å². The second-order valence-electron chi connectivity index (χ2n) is 4.18. The van der Waals surface area contributed by atoms with Crippen LogP contribution >= 0.6 is 11.8 Å². The van der Waals surface area contributed by atoms with Crippen molar-refractivity contribution in [3.05, 3.63) is 35.6 Å². The zero-order valence-electron chi connectivity index (χ0n) is 12.2. The fourth-order valence-corrected chi connectivity index (χ4v) is 2.86. The van der Waals surface area contributed by atoms with E-state index in [1.807, 2.05) is 25.6 Å². The average molecular weight is 435 g/mol. The summed E-state index contributed by atoms with van der Waals surface area (Å²) in [6.07, 6.45) is 3.22. The summed E-state index contributed by atoms with van der Waals surface area (Å²) in [5.74, 6) is 2.28. The predicted molar refractivity (Wildman–Crippen MR) is 84.9 cm³/mol. The van der Waals surface area contributed by atoms with E-state index in [2.05, 4.69) is 43.9 Å². The van der Waals surface area contributed by atoms with Crippen molar-refractivity contribution in [3.8, 4) is 0 Å². The molecule has 19 heavy (non-hydrogen) atoms. The molecule has 1 aromatic rings. The van der Waals surface area contributed by atoms with Gasteiger partial charge in [0.1, 0.15) is 0 Å². The molecule has 0 bridgehead atoms. The first-order chi connectivity index (χ1) is 8.79. The molecule has 0 aliphatic carbocycles. The predicted octanol–water partition coefficient (Wildman–Crippen LogP) is 5.42. The van der Waals surface area contributed by atoms with Crippen molar-refractivity contribution in [1.29, 1.82) is 0 Å². The molecule has 0 N–H and O–H groups in total. The second kappa shape index (κ2) is 11.4. The molecule has 0 amide bonds. The fraction of sp³-hybridized carbons (Fsp3) is 0.500. The summed E-state index contributed by atoms with van der Waals surface area (Å²) >= 11 is 1.94. The Morgan fingerprint density at radius 2 is 2.00 bits per heavy atom. The molecule has 1 heterocycles. The maximum absolute atomic E-state index is 4.81. The van der Waals surface area contributed by atoms with Gasteiger partial charge in [-0.25, -0.2) is 0 Å². The van der Waals surface area contributed by atoms with E-state index in [9.17, 15) is 0 Å². The molecule has 1 aliphatic rings. The van der Waals surface area contributed by atoms with Gasteiger partial charge < -0.3 is 11.8 Å². The van der Waals surface area contributed by atoms with Gasteiger partial charge in [-0.15, -0.1) is 6.42 Å². The van der Waals surface area contributed by atoms with Gasteiger partial charge in [-0.1, -0.05) is 45.9 Å². The average Bonchev–Trinajstić information content (AvgIpc) is 2.42. The van der Waals surface area contributed by atoms with Gasteiger partial charge in [0.05, 0.1) is 5.69 Å². The van der Waals surface area contributed by atoms with Crippen LogP contribution in [0.25, 0.3) is 0 Å². The van der Waals surface area contributed by atoms with Crippen LogP contribution in [-0.2, 0) is 6.42 Å². The molecule has 1 nitrogen and oxygen atoms in total. The maximum Gasteiger partial charge on any atom is 0.0659 e. The van der Waals surface area contributed by atoms with Gasteiger partial charge in [0.2, 0.25) is 0 Å². The molecule has 114 valence electrons. The SMILES string of the molecule is CC.CCc1ccccc1N=C1C[CH-]SC(C)C1.[Yb]. The summed E-state index contributed by atoms with van der Waals surface area (Å²) in [6, 6.07) is 8.46. The Bertz CT molecular complexity index is 390. The number of thioether (sulfide) groups is 1. The molecular weight excluding hydrogens is 411 g/mol. The van der Waals surface area contributed by atoms with Crippen LogP contribution < -0.4 is 0 Å². The molecule has 1 saturated heterocycles. The Balaban J connectivity index is 0.00000103. The monoisotopic (exact) mass is 436 g/mol. The first-order valence-corrected chi connectivity index (χ1v) is 7.85. The fourth-order valence-electron chi connectivity index (χ4n) is 1.95. The van der Waals surface area contributed by atoms with Crippen LogP contribution in [0.1, 0.15) is 46.1 Å². The zero-order chi connectivity index (χ0) is 13.4. The van der Waals surface area contributed by atoms with Crippen molar-refractivity contribution < 1.29 is 46.9 Å². The van der Waals surface area contributed by atoms with Crippen molar-refractivity contribution >= 4 is 23.2 Å². The zero-order valence-corrected chi connectivity index (χ0v) is 14.7. The van der Waals surface area contributed by atoms with Crippen LogP contribution in [0.5, 0.6) is 0 Å². The molecule has 1 unspecified atom stereocenters. The number of nitrogens with zero attached hydrogens (tertiary/aromatic N) is 1. The summed E-state index contributed by atoms with van der Waals surface area (Å²) in [5.41, 5.74) is 3.83. The van der Waals surface area contributed by atoms with Crippen molar-refractivity contribution in [1.82, 2.24) is 0 Å². The van der Waals surface area contributed by atoms with E-state index < -0.39 is 0 Å². The summed E-state index contributed by atoms with van der Waals surface area (Å²) < 4.78 is 0. The second-order valence-corrected chi connectivity index (χ2v) is 5.59. The van der Waals surface area contributed by atoms with E-state index in [0.29, 0.717) is 5.25 Å². The first-order valence-electron chi connectivity index (χ1n) is 6.91. The Morgan fingerprint density at radius 1 is 1.32 bits per heavy atom. The number of aliphatic imine (C=N–C) groups is 1. The molecule has 1 aromatic carbocycles. The van der Waals surface area contributed by atoms with Crippen molar-refractivity contribution in [3.63, 3.8) is 0 Å². The first kappa shape index (κ1) is 19.8. The standard InChI is InChI=1S/C14H18NS.C2H6.Yb/c1-3-12-6-4-5-7-14(12)15-13-8-9-16-11(2)10-13;1-2;/h4-7,9,11H,3,8,10H2,1-2H3;1-2H3;/q-1;;. The molecule has 3 heteroatoms. The number of aryl methyl sites for hydroxylation is 1. The Morgan fingerprint density at radius 3 is 2.63 bits per heavy atom. The van der Waals surface area contributed by atoms with Crippen molar-refractivity contribution in [2.24, 2.45) is 4.99 Å². The smallest absolute Gasteiger partial charge is 0.0659 e. The van der Waals surface area contributed by atoms with Gasteiger partial charge in [-0.2, -0.15) is 0 Å². The van der Waals surface area contributed by atoms with E-state index in [0.717, 1.165) is 24.9 Å². The van der Waals surface area contributed by atoms with E-state index >= 15 is 0 Å². The van der Waals surface area contributed by atoms with Gasteiger partial charge >= 0.3 is 0 Å². The van der Waals surface area contributed by atoms with Gasteiger partial charge in [-0.05, 0) is 35.4 Å². The topological polar surface area (TPSA) is 12.4 Å². The molecule has 0 aromatic heterocycles. The molecule has 1 fully saturated rings. The Labute approximate surface area is 161 Å². The third-order valence-corrected chi connectivity index (χ3v) is 3.81. The normalized spacial score (nSPS) is 20.2. The molecule has 0 spiro atoms. The van der Waals surface area contributed by atoms with Gasteiger partial charge in [-0.3, -0.25) is 10.7 Å². The van der Waals surface area contributed by atoms with Crippen LogP contribution in [-0.4, -0.2) is 11.0 Å². The third-order valence-electron chi connectivity index (χ3n) is 2.82. The molecule has 2 rings (SSSR count). The van der Waals surface area contributed by atoms with Gasteiger partial charge in [0, 0.05) is 46.9 Å². The number of para-hydroxylation sites is 1. The number of benzene rings is 1. The quantitative estimate of drug-likeness (QED) is 0.565. The van der Waals surface area contributed by atoms with Crippen LogP contribution in [0.2, 0.25) is 0 Å². The largest absolute Gasteiger partial charge is 0.347 e. The molecule has 0 radical (unpaired) electrons. The summed E-state index contributed by atoms with van der Waals surface area (Å²) in [7, 11) is 0. The van der Waals surface area contributed by atoms with E-state index in [-0.39, 0.29) is 46.9 Å². The van der Waals surface area contributed by atoms with Gasteiger partial charge in [0.15, 0.2) is 0 Å². The number of rotatable bonds is 2. The number of hydrogen-bond acceptors (Lipinski definition) is 2. The van der Waals surface area contributed by atoms with Crippen LogP contribution in [0.4, 0.5) is 5.69 Å². The van der Waals surface area contributed by atoms with Gasteiger partial charge in [0.25, 0.3) is 0 Å². The molecule has 1 atom stereocenters. The summed E-state index contributed by atoms with van der Waals surface area (Å²) in [4.78, 5) is 4.81.